The van der Waals surface area contributed by atoms with Crippen molar-refractivity contribution in [3.63, 3.8) is 0 Å². The van der Waals surface area contributed by atoms with Crippen LogP contribution in [-0.2, 0) is 6.42 Å². The molecule has 0 unspecified atom stereocenters. The smallest absolute Gasteiger partial charge is 0.167 e. The number of ketones is 1. The van der Waals surface area contributed by atoms with E-state index in [9.17, 15) is 9.18 Å². The van der Waals surface area contributed by atoms with Gasteiger partial charge in [-0.1, -0.05) is 6.07 Å². The highest BCUT2D eigenvalue weighted by Gasteiger charge is 2.09. The van der Waals surface area contributed by atoms with Crippen molar-refractivity contribution >= 4 is 5.78 Å². The predicted molar refractivity (Wildman–Crippen MR) is 76.8 cm³/mol. The third-order valence-corrected chi connectivity index (χ3v) is 3.14. The van der Waals surface area contributed by atoms with Crippen molar-refractivity contribution in [1.29, 1.82) is 0 Å². The van der Waals surface area contributed by atoms with Crippen LogP contribution in [0.4, 0.5) is 4.39 Å². The summed E-state index contributed by atoms with van der Waals surface area (Å²) in [7, 11) is 0. The lowest BCUT2D eigenvalue weighted by atomic mass is 9.99. The summed E-state index contributed by atoms with van der Waals surface area (Å²) in [4.78, 5) is 12.2. The van der Waals surface area contributed by atoms with Gasteiger partial charge in [0.1, 0.15) is 11.6 Å². The average molecular weight is 272 g/mol. The van der Waals surface area contributed by atoms with Crippen LogP contribution in [0.25, 0.3) is 0 Å². The number of ether oxygens (including phenoxy) is 1. The second-order valence-electron chi connectivity index (χ2n) is 4.63. The first-order chi connectivity index (χ1) is 9.60. The van der Waals surface area contributed by atoms with E-state index in [1.165, 1.54) is 12.1 Å². The van der Waals surface area contributed by atoms with Crippen LogP contribution in [-0.4, -0.2) is 12.4 Å². The zero-order valence-electron chi connectivity index (χ0n) is 11.7. The molecule has 0 spiro atoms. The van der Waals surface area contributed by atoms with Crippen molar-refractivity contribution < 1.29 is 13.9 Å². The molecular weight excluding hydrogens is 255 g/mol. The van der Waals surface area contributed by atoms with Crippen molar-refractivity contribution in [2.24, 2.45) is 0 Å². The molecule has 0 aliphatic rings. The predicted octanol–water partition coefficient (Wildman–Crippen LogP) is 3.96. The van der Waals surface area contributed by atoms with Gasteiger partial charge in [0.15, 0.2) is 5.78 Å². The molecule has 0 aliphatic carbocycles. The van der Waals surface area contributed by atoms with Gasteiger partial charge in [0.05, 0.1) is 6.61 Å². The van der Waals surface area contributed by atoms with Gasteiger partial charge < -0.3 is 4.74 Å². The first kappa shape index (κ1) is 14.3. The van der Waals surface area contributed by atoms with Gasteiger partial charge >= 0.3 is 0 Å². The number of carbonyl (C=O) groups excluding carboxylic acids is 1. The SMILES string of the molecule is CCOc1ccc(C(=O)Cc2ccc(F)cc2C)cc1. The summed E-state index contributed by atoms with van der Waals surface area (Å²) < 4.78 is 18.4. The van der Waals surface area contributed by atoms with Gasteiger partial charge in [0.2, 0.25) is 0 Å². The van der Waals surface area contributed by atoms with Crippen molar-refractivity contribution in [1.82, 2.24) is 0 Å². The van der Waals surface area contributed by atoms with Gasteiger partial charge in [-0.25, -0.2) is 4.39 Å². The van der Waals surface area contributed by atoms with E-state index >= 15 is 0 Å². The number of Topliss-reactive ketones (excluding diaryl/α,β-unsaturated/α-hetero) is 1. The van der Waals surface area contributed by atoms with Crippen LogP contribution in [0.3, 0.4) is 0 Å². The van der Waals surface area contributed by atoms with Crippen molar-refractivity contribution in [2.75, 3.05) is 6.61 Å². The van der Waals surface area contributed by atoms with Crippen LogP contribution in [0.2, 0.25) is 0 Å². The Morgan fingerprint density at radius 1 is 1.15 bits per heavy atom. The number of carbonyl (C=O) groups is 1. The number of halogens is 1. The van der Waals surface area contributed by atoms with Crippen LogP contribution in [0.5, 0.6) is 5.75 Å². The Balaban J connectivity index is 2.11. The molecule has 0 aromatic heterocycles. The van der Waals surface area contributed by atoms with E-state index in [0.717, 1.165) is 16.9 Å². The molecule has 0 atom stereocenters. The molecule has 20 heavy (non-hydrogen) atoms. The summed E-state index contributed by atoms with van der Waals surface area (Å²) in [5.41, 5.74) is 2.28. The summed E-state index contributed by atoms with van der Waals surface area (Å²) in [6, 6.07) is 11.6. The number of benzene rings is 2. The third kappa shape index (κ3) is 3.44. The van der Waals surface area contributed by atoms with Crippen molar-refractivity contribution in [3.05, 3.63) is 65.0 Å². The normalized spacial score (nSPS) is 10.3. The van der Waals surface area contributed by atoms with Gasteiger partial charge in [0.25, 0.3) is 0 Å². The Morgan fingerprint density at radius 2 is 1.85 bits per heavy atom. The average Bonchev–Trinajstić information content (AvgIpc) is 2.43. The molecule has 2 aromatic rings. The molecule has 2 rings (SSSR count). The maximum Gasteiger partial charge on any atom is 0.167 e. The van der Waals surface area contributed by atoms with Crippen molar-refractivity contribution in [3.8, 4) is 5.75 Å². The molecule has 104 valence electrons. The van der Waals surface area contributed by atoms with E-state index in [2.05, 4.69) is 0 Å². The van der Waals surface area contributed by atoms with Crippen LogP contribution in [0.15, 0.2) is 42.5 Å². The van der Waals surface area contributed by atoms with E-state index in [1.54, 1.807) is 30.3 Å². The minimum atomic E-state index is -0.278. The first-order valence-corrected chi connectivity index (χ1v) is 6.61. The summed E-state index contributed by atoms with van der Waals surface area (Å²) >= 11 is 0. The number of rotatable bonds is 5. The van der Waals surface area contributed by atoms with Gasteiger partial charge in [-0.15, -0.1) is 0 Å². The Morgan fingerprint density at radius 3 is 2.45 bits per heavy atom. The molecule has 0 heterocycles. The zero-order chi connectivity index (χ0) is 14.5. The minimum absolute atomic E-state index is 0.0164. The highest BCUT2D eigenvalue weighted by molar-refractivity contribution is 5.97. The Kier molecular flexibility index (Phi) is 4.51. The highest BCUT2D eigenvalue weighted by Crippen LogP contribution is 2.16. The number of hydrogen-bond donors (Lipinski definition) is 0. The van der Waals surface area contributed by atoms with E-state index in [1.807, 2.05) is 13.8 Å². The molecule has 3 heteroatoms. The molecule has 0 radical (unpaired) electrons. The lowest BCUT2D eigenvalue weighted by Gasteiger charge is -2.07. The Hall–Kier alpha value is -2.16. The quantitative estimate of drug-likeness (QED) is 0.770. The fourth-order valence-electron chi connectivity index (χ4n) is 2.04. The highest BCUT2D eigenvalue weighted by atomic mass is 19.1. The second-order valence-corrected chi connectivity index (χ2v) is 4.63. The summed E-state index contributed by atoms with van der Waals surface area (Å²) in [6.45, 7) is 4.32. The molecule has 0 N–H and O–H groups in total. The Bertz CT molecular complexity index is 603. The lowest BCUT2D eigenvalue weighted by Crippen LogP contribution is -2.05. The van der Waals surface area contributed by atoms with E-state index in [0.29, 0.717) is 12.2 Å². The largest absolute Gasteiger partial charge is 0.494 e. The summed E-state index contributed by atoms with van der Waals surface area (Å²) in [6.07, 6.45) is 0.278. The standard InChI is InChI=1S/C17H17FO2/c1-3-20-16-8-5-13(6-9-16)17(19)11-14-4-7-15(18)10-12(14)2/h4-10H,3,11H2,1-2H3. The molecule has 0 saturated carbocycles. The second kappa shape index (κ2) is 6.33. The van der Waals surface area contributed by atoms with Crippen molar-refractivity contribution in [2.45, 2.75) is 20.3 Å². The van der Waals surface area contributed by atoms with Gasteiger partial charge in [-0.3, -0.25) is 4.79 Å². The van der Waals surface area contributed by atoms with E-state index in [-0.39, 0.29) is 18.0 Å². The zero-order valence-corrected chi connectivity index (χ0v) is 11.7. The van der Waals surface area contributed by atoms with E-state index in [4.69, 9.17) is 4.74 Å². The van der Waals surface area contributed by atoms with Crippen LogP contribution in [0, 0.1) is 12.7 Å². The van der Waals surface area contributed by atoms with Gasteiger partial charge in [0, 0.05) is 12.0 Å². The molecular formula is C17H17FO2. The first-order valence-electron chi connectivity index (χ1n) is 6.61. The molecule has 0 aliphatic heterocycles. The number of hydrogen-bond acceptors (Lipinski definition) is 2. The Labute approximate surface area is 118 Å². The van der Waals surface area contributed by atoms with Crippen LogP contribution in [0.1, 0.15) is 28.4 Å². The topological polar surface area (TPSA) is 26.3 Å². The fraction of sp³-hybridized carbons (Fsp3) is 0.235. The maximum absolute atomic E-state index is 13.0. The minimum Gasteiger partial charge on any atom is -0.494 e. The number of aryl methyl sites for hydroxylation is 1. The van der Waals surface area contributed by atoms with Crippen LogP contribution >= 0.6 is 0 Å². The molecule has 2 aromatic carbocycles. The molecule has 0 fully saturated rings. The summed E-state index contributed by atoms with van der Waals surface area (Å²) in [5.74, 6) is 0.490. The third-order valence-electron chi connectivity index (χ3n) is 3.14. The molecule has 2 nitrogen and oxygen atoms in total. The monoisotopic (exact) mass is 272 g/mol. The van der Waals surface area contributed by atoms with Gasteiger partial charge in [-0.2, -0.15) is 0 Å². The fourth-order valence-corrected chi connectivity index (χ4v) is 2.04. The van der Waals surface area contributed by atoms with Crippen LogP contribution < -0.4 is 4.74 Å². The molecule has 0 saturated heterocycles. The maximum atomic E-state index is 13.0. The lowest BCUT2D eigenvalue weighted by molar-refractivity contribution is 0.0992. The summed E-state index contributed by atoms with van der Waals surface area (Å²) in [5, 5.41) is 0. The van der Waals surface area contributed by atoms with Gasteiger partial charge in [-0.05, 0) is 61.4 Å². The molecule has 0 amide bonds. The molecule has 0 bridgehead atoms. The van der Waals surface area contributed by atoms with E-state index < -0.39 is 0 Å².